The first kappa shape index (κ1) is 11.9. The zero-order valence-corrected chi connectivity index (χ0v) is 8.55. The monoisotopic (exact) mass is 217 g/mol. The number of hydrogen-bond donors (Lipinski definition) is 2. The van der Waals surface area contributed by atoms with Crippen molar-refractivity contribution in [3.05, 3.63) is 29.3 Å². The molecule has 5 heteroatoms. The molecule has 2 N–H and O–H groups in total. The Hall–Kier alpha value is -1.20. The van der Waals surface area contributed by atoms with E-state index in [1.807, 2.05) is 5.48 Å². The lowest BCUT2D eigenvalue weighted by molar-refractivity contribution is 0.0173. The number of alkyl halides is 2. The van der Waals surface area contributed by atoms with Gasteiger partial charge in [-0.15, -0.1) is 0 Å². The summed E-state index contributed by atoms with van der Waals surface area (Å²) >= 11 is 0. The van der Waals surface area contributed by atoms with Gasteiger partial charge in [-0.3, -0.25) is 0 Å². The second-order valence-electron chi connectivity index (χ2n) is 3.25. The molecule has 0 fully saturated rings. The second kappa shape index (κ2) is 4.55. The van der Waals surface area contributed by atoms with Crippen molar-refractivity contribution in [2.45, 2.75) is 19.4 Å². The van der Waals surface area contributed by atoms with Gasteiger partial charge in [-0.25, -0.2) is 14.3 Å². The molecular formula is C10H13F2NO2. The van der Waals surface area contributed by atoms with Gasteiger partial charge >= 0.3 is 0 Å². The van der Waals surface area contributed by atoms with Crippen LogP contribution in [0.5, 0.6) is 5.75 Å². The minimum absolute atomic E-state index is 0.0626. The molecule has 1 aromatic carbocycles. The molecule has 0 saturated heterocycles. The lowest BCUT2D eigenvalue weighted by Crippen LogP contribution is -2.11. The van der Waals surface area contributed by atoms with Crippen molar-refractivity contribution in [2.75, 3.05) is 7.11 Å². The maximum absolute atomic E-state index is 13.0. The van der Waals surface area contributed by atoms with E-state index in [1.54, 1.807) is 0 Å². The molecule has 0 aliphatic rings. The van der Waals surface area contributed by atoms with Crippen LogP contribution < -0.4 is 10.2 Å². The van der Waals surface area contributed by atoms with Crippen LogP contribution in [0.25, 0.3) is 0 Å². The zero-order valence-electron chi connectivity index (χ0n) is 8.55. The van der Waals surface area contributed by atoms with Gasteiger partial charge in [0.05, 0.1) is 7.11 Å². The maximum Gasteiger partial charge on any atom is 0.270 e. The molecule has 0 bridgehead atoms. The Bertz CT molecular complexity index is 337. The first-order chi connectivity index (χ1) is 6.99. The standard InChI is InChI=1S/C10H13F2NO2/c1-10(11,12)8-3-4-9(15-2)7(5-8)6-13-14/h3-5,13-14H,6H2,1-2H3. The van der Waals surface area contributed by atoms with Crippen molar-refractivity contribution < 1.29 is 18.7 Å². The molecule has 0 radical (unpaired) electrons. The van der Waals surface area contributed by atoms with Gasteiger partial charge in [0.1, 0.15) is 5.75 Å². The van der Waals surface area contributed by atoms with E-state index >= 15 is 0 Å². The fourth-order valence-electron chi connectivity index (χ4n) is 1.27. The quantitative estimate of drug-likeness (QED) is 0.760. The molecule has 0 aliphatic heterocycles. The van der Waals surface area contributed by atoms with Gasteiger partial charge < -0.3 is 9.94 Å². The number of halogens is 2. The Morgan fingerprint density at radius 2 is 2.13 bits per heavy atom. The highest BCUT2D eigenvalue weighted by molar-refractivity contribution is 5.38. The van der Waals surface area contributed by atoms with E-state index in [-0.39, 0.29) is 12.1 Å². The van der Waals surface area contributed by atoms with Gasteiger partial charge in [0.2, 0.25) is 0 Å². The Morgan fingerprint density at radius 3 is 2.60 bits per heavy atom. The lowest BCUT2D eigenvalue weighted by Gasteiger charge is -2.14. The molecular weight excluding hydrogens is 204 g/mol. The van der Waals surface area contributed by atoms with Gasteiger partial charge in [-0.1, -0.05) is 0 Å². The highest BCUT2D eigenvalue weighted by Crippen LogP contribution is 2.30. The van der Waals surface area contributed by atoms with Crippen LogP contribution in [0, 0.1) is 0 Å². The Kier molecular flexibility index (Phi) is 3.60. The summed E-state index contributed by atoms with van der Waals surface area (Å²) in [5, 5.41) is 8.54. The number of ether oxygens (including phenoxy) is 1. The Morgan fingerprint density at radius 1 is 1.47 bits per heavy atom. The molecule has 0 atom stereocenters. The fourth-order valence-corrected chi connectivity index (χ4v) is 1.27. The summed E-state index contributed by atoms with van der Waals surface area (Å²) in [6, 6.07) is 4.07. The average Bonchev–Trinajstić information content (AvgIpc) is 2.17. The molecule has 0 unspecified atom stereocenters. The molecule has 0 amide bonds. The van der Waals surface area contributed by atoms with E-state index in [4.69, 9.17) is 9.94 Å². The number of rotatable bonds is 4. The van der Waals surface area contributed by atoms with Gasteiger partial charge in [0, 0.05) is 24.6 Å². The molecule has 0 spiro atoms. The van der Waals surface area contributed by atoms with Crippen molar-refractivity contribution in [1.82, 2.24) is 5.48 Å². The topological polar surface area (TPSA) is 41.5 Å². The molecule has 0 heterocycles. The molecule has 0 aliphatic carbocycles. The lowest BCUT2D eigenvalue weighted by atomic mass is 10.1. The van der Waals surface area contributed by atoms with Crippen LogP contribution in [-0.4, -0.2) is 12.3 Å². The molecule has 3 nitrogen and oxygen atoms in total. The van der Waals surface area contributed by atoms with Crippen molar-refractivity contribution in [3.63, 3.8) is 0 Å². The number of methoxy groups -OCH3 is 1. The van der Waals surface area contributed by atoms with E-state index in [0.29, 0.717) is 11.3 Å². The van der Waals surface area contributed by atoms with Gasteiger partial charge in [0.15, 0.2) is 0 Å². The minimum atomic E-state index is -2.89. The predicted octanol–water partition coefficient (Wildman–Crippen LogP) is 2.29. The summed E-state index contributed by atoms with van der Waals surface area (Å²) in [7, 11) is 1.44. The Balaban J connectivity index is 3.10. The highest BCUT2D eigenvalue weighted by atomic mass is 19.3. The Labute approximate surface area is 86.6 Å². The summed E-state index contributed by atoms with van der Waals surface area (Å²) in [6.45, 7) is 0.887. The first-order valence-electron chi connectivity index (χ1n) is 4.41. The third-order valence-electron chi connectivity index (χ3n) is 2.06. The van der Waals surface area contributed by atoms with Crippen LogP contribution in [0.2, 0.25) is 0 Å². The SMILES string of the molecule is COc1ccc(C(C)(F)F)cc1CNO. The van der Waals surface area contributed by atoms with Crippen LogP contribution in [0.1, 0.15) is 18.1 Å². The summed E-state index contributed by atoms with van der Waals surface area (Å²) in [4.78, 5) is 0. The molecule has 0 aromatic heterocycles. The van der Waals surface area contributed by atoms with E-state index in [2.05, 4.69) is 0 Å². The first-order valence-corrected chi connectivity index (χ1v) is 4.41. The third kappa shape index (κ3) is 2.87. The zero-order chi connectivity index (χ0) is 11.5. The van der Waals surface area contributed by atoms with Crippen molar-refractivity contribution >= 4 is 0 Å². The number of nitrogens with one attached hydrogen (secondary N) is 1. The van der Waals surface area contributed by atoms with E-state index in [0.717, 1.165) is 6.92 Å². The van der Waals surface area contributed by atoms with Crippen LogP contribution in [0.15, 0.2) is 18.2 Å². The van der Waals surface area contributed by atoms with Crippen LogP contribution >= 0.6 is 0 Å². The normalized spacial score (nSPS) is 11.5. The van der Waals surface area contributed by atoms with Gasteiger partial charge in [-0.2, -0.15) is 0 Å². The fraction of sp³-hybridized carbons (Fsp3) is 0.400. The van der Waals surface area contributed by atoms with Crippen LogP contribution in [0.3, 0.4) is 0 Å². The van der Waals surface area contributed by atoms with Crippen LogP contribution in [0.4, 0.5) is 8.78 Å². The molecule has 1 rings (SSSR count). The highest BCUT2D eigenvalue weighted by Gasteiger charge is 2.25. The smallest absolute Gasteiger partial charge is 0.270 e. The van der Waals surface area contributed by atoms with Crippen molar-refractivity contribution in [2.24, 2.45) is 0 Å². The maximum atomic E-state index is 13.0. The molecule has 0 saturated carbocycles. The molecule has 1 aromatic rings. The van der Waals surface area contributed by atoms with Crippen molar-refractivity contribution in [1.29, 1.82) is 0 Å². The average molecular weight is 217 g/mol. The predicted molar refractivity (Wildman–Crippen MR) is 51.2 cm³/mol. The third-order valence-corrected chi connectivity index (χ3v) is 2.06. The number of benzene rings is 1. The van der Waals surface area contributed by atoms with Crippen LogP contribution in [-0.2, 0) is 12.5 Å². The van der Waals surface area contributed by atoms with Gasteiger partial charge in [0.25, 0.3) is 5.92 Å². The van der Waals surface area contributed by atoms with E-state index in [1.165, 1.54) is 25.3 Å². The number of hydroxylamine groups is 1. The second-order valence-corrected chi connectivity index (χ2v) is 3.25. The number of hydrogen-bond acceptors (Lipinski definition) is 3. The summed E-state index contributed by atoms with van der Waals surface area (Å²) in [5.74, 6) is -2.43. The van der Waals surface area contributed by atoms with Gasteiger partial charge in [-0.05, 0) is 18.2 Å². The summed E-state index contributed by atoms with van der Waals surface area (Å²) in [5.41, 5.74) is 2.29. The van der Waals surface area contributed by atoms with E-state index < -0.39 is 5.92 Å². The van der Waals surface area contributed by atoms with Crippen molar-refractivity contribution in [3.8, 4) is 5.75 Å². The van der Waals surface area contributed by atoms with E-state index in [9.17, 15) is 8.78 Å². The summed E-state index contributed by atoms with van der Waals surface area (Å²) < 4.78 is 30.9. The molecule has 15 heavy (non-hydrogen) atoms. The molecule has 84 valence electrons. The summed E-state index contributed by atoms with van der Waals surface area (Å²) in [6.07, 6.45) is 0. The largest absolute Gasteiger partial charge is 0.496 e. The minimum Gasteiger partial charge on any atom is -0.496 e.